The first-order valence-electron chi connectivity index (χ1n) is 9.26. The Hall–Kier alpha value is -2.54. The van der Waals surface area contributed by atoms with Crippen molar-refractivity contribution in [3.05, 3.63) is 65.0 Å². The van der Waals surface area contributed by atoms with Gasteiger partial charge in [0.1, 0.15) is 17.5 Å². The van der Waals surface area contributed by atoms with Crippen LogP contribution in [-0.4, -0.2) is 47.9 Å². The van der Waals surface area contributed by atoms with Crippen molar-refractivity contribution in [2.45, 2.75) is 32.5 Å². The molecule has 2 aromatic rings. The molecule has 4 nitrogen and oxygen atoms in total. The molecule has 0 aromatic heterocycles. The third-order valence-electron chi connectivity index (χ3n) is 5.14. The van der Waals surface area contributed by atoms with Gasteiger partial charge in [0.05, 0.1) is 0 Å². The highest BCUT2D eigenvalue weighted by atomic mass is 19.1. The van der Waals surface area contributed by atoms with Crippen LogP contribution in [0.3, 0.4) is 0 Å². The summed E-state index contributed by atoms with van der Waals surface area (Å²) in [5.41, 5.74) is 1.37. The van der Waals surface area contributed by atoms with Gasteiger partial charge in [0, 0.05) is 67.7 Å². The van der Waals surface area contributed by atoms with Crippen LogP contribution in [0.1, 0.15) is 29.8 Å². The molecule has 0 bridgehead atoms. The van der Waals surface area contributed by atoms with E-state index in [-0.39, 0.29) is 30.1 Å². The molecule has 1 heterocycles. The van der Waals surface area contributed by atoms with Gasteiger partial charge in [0.25, 0.3) is 5.91 Å². The number of carbonyl (C=O) groups excluding carboxylic acids is 1. The number of hydrogen-bond donors (Lipinski definition) is 1. The summed E-state index contributed by atoms with van der Waals surface area (Å²) in [6, 6.07) is 8.38. The van der Waals surface area contributed by atoms with Crippen molar-refractivity contribution >= 4 is 11.6 Å². The summed E-state index contributed by atoms with van der Waals surface area (Å²) in [6.45, 7) is 4.81. The molecule has 150 valence electrons. The van der Waals surface area contributed by atoms with Crippen molar-refractivity contribution in [2.75, 3.05) is 25.5 Å². The number of nitrogens with one attached hydrogen (secondary N) is 1. The van der Waals surface area contributed by atoms with E-state index in [0.717, 1.165) is 5.69 Å². The van der Waals surface area contributed by atoms with Crippen molar-refractivity contribution in [3.63, 3.8) is 0 Å². The lowest BCUT2D eigenvalue weighted by Crippen LogP contribution is -2.58. The largest absolute Gasteiger partial charge is 0.388 e. The average molecular weight is 391 g/mol. The van der Waals surface area contributed by atoms with E-state index in [1.807, 2.05) is 42.8 Å². The van der Waals surface area contributed by atoms with Crippen LogP contribution in [0.4, 0.5) is 18.9 Å². The Morgan fingerprint density at radius 3 is 2.07 bits per heavy atom. The van der Waals surface area contributed by atoms with E-state index in [9.17, 15) is 18.0 Å². The van der Waals surface area contributed by atoms with Gasteiger partial charge >= 0.3 is 0 Å². The van der Waals surface area contributed by atoms with Gasteiger partial charge in [-0.05, 0) is 38.1 Å². The minimum absolute atomic E-state index is 0.0333. The lowest BCUT2D eigenvalue weighted by Gasteiger charge is -2.44. The molecule has 0 saturated carbocycles. The van der Waals surface area contributed by atoms with Crippen LogP contribution in [0, 0.1) is 17.5 Å². The maximum Gasteiger partial charge on any atom is 0.254 e. The standard InChI is InChI=1S/C21H24F3N3O/c1-13-10-26(12-18-19(23)8-16(22)9-20(18)24)11-14(2)27(13)21(28)15-4-6-17(25-3)7-5-15/h4-9,13-14,25H,10-12H2,1-3H3. The summed E-state index contributed by atoms with van der Waals surface area (Å²) in [7, 11) is 1.81. The molecule has 1 saturated heterocycles. The summed E-state index contributed by atoms with van der Waals surface area (Å²) >= 11 is 0. The number of hydrogen-bond acceptors (Lipinski definition) is 3. The van der Waals surface area contributed by atoms with Gasteiger partial charge in [-0.25, -0.2) is 13.2 Å². The van der Waals surface area contributed by atoms with E-state index in [2.05, 4.69) is 5.32 Å². The fraction of sp³-hybridized carbons (Fsp3) is 0.381. The second-order valence-corrected chi connectivity index (χ2v) is 7.28. The SMILES string of the molecule is CNc1ccc(C(=O)N2C(C)CN(Cc3c(F)cc(F)cc3F)CC2C)cc1. The highest BCUT2D eigenvalue weighted by molar-refractivity contribution is 5.95. The van der Waals surface area contributed by atoms with E-state index in [0.29, 0.717) is 30.8 Å². The van der Waals surface area contributed by atoms with Gasteiger partial charge in [-0.15, -0.1) is 0 Å². The summed E-state index contributed by atoms with van der Waals surface area (Å²) in [6.07, 6.45) is 0. The van der Waals surface area contributed by atoms with Crippen LogP contribution < -0.4 is 5.32 Å². The minimum Gasteiger partial charge on any atom is -0.388 e. The molecule has 1 fully saturated rings. The predicted molar refractivity (Wildman–Crippen MR) is 103 cm³/mol. The van der Waals surface area contributed by atoms with Gasteiger partial charge in [0.2, 0.25) is 0 Å². The van der Waals surface area contributed by atoms with Crippen LogP contribution in [0.5, 0.6) is 0 Å². The summed E-state index contributed by atoms with van der Waals surface area (Å²) in [5.74, 6) is -2.77. The summed E-state index contributed by atoms with van der Waals surface area (Å²) in [4.78, 5) is 16.7. The van der Waals surface area contributed by atoms with Crippen molar-refractivity contribution in [3.8, 4) is 0 Å². The third kappa shape index (κ3) is 4.14. The Morgan fingerprint density at radius 1 is 1.04 bits per heavy atom. The van der Waals surface area contributed by atoms with Crippen molar-refractivity contribution in [2.24, 2.45) is 0 Å². The Morgan fingerprint density at radius 2 is 1.57 bits per heavy atom. The molecule has 7 heteroatoms. The molecular weight excluding hydrogens is 367 g/mol. The second kappa shape index (κ2) is 8.22. The van der Waals surface area contributed by atoms with Crippen molar-refractivity contribution in [1.82, 2.24) is 9.80 Å². The van der Waals surface area contributed by atoms with Crippen LogP contribution in [-0.2, 0) is 6.54 Å². The highest BCUT2D eigenvalue weighted by Crippen LogP contribution is 2.23. The second-order valence-electron chi connectivity index (χ2n) is 7.28. The van der Waals surface area contributed by atoms with Crippen LogP contribution in [0.15, 0.2) is 36.4 Å². The molecule has 0 spiro atoms. The Bertz CT molecular complexity index is 821. The molecule has 28 heavy (non-hydrogen) atoms. The van der Waals surface area contributed by atoms with E-state index < -0.39 is 17.5 Å². The van der Waals surface area contributed by atoms with E-state index in [1.54, 1.807) is 12.1 Å². The topological polar surface area (TPSA) is 35.6 Å². The highest BCUT2D eigenvalue weighted by Gasteiger charge is 2.34. The number of benzene rings is 2. The monoisotopic (exact) mass is 391 g/mol. The van der Waals surface area contributed by atoms with Crippen molar-refractivity contribution < 1.29 is 18.0 Å². The molecular formula is C21H24F3N3O. The smallest absolute Gasteiger partial charge is 0.254 e. The van der Waals surface area contributed by atoms with Gasteiger partial charge in [-0.1, -0.05) is 0 Å². The maximum absolute atomic E-state index is 14.0. The molecule has 0 aliphatic carbocycles. The number of rotatable bonds is 4. The zero-order chi connectivity index (χ0) is 20.4. The van der Waals surface area contributed by atoms with Gasteiger partial charge in [0.15, 0.2) is 0 Å². The number of amides is 1. The average Bonchev–Trinajstić information content (AvgIpc) is 2.64. The fourth-order valence-corrected chi connectivity index (χ4v) is 3.84. The molecule has 2 unspecified atom stereocenters. The number of piperazine rings is 1. The number of carbonyl (C=O) groups is 1. The Balaban J connectivity index is 1.72. The summed E-state index contributed by atoms with van der Waals surface area (Å²) < 4.78 is 41.1. The first-order valence-corrected chi connectivity index (χ1v) is 9.26. The molecule has 1 amide bonds. The van der Waals surface area contributed by atoms with Crippen LogP contribution in [0.2, 0.25) is 0 Å². The van der Waals surface area contributed by atoms with Gasteiger partial charge in [-0.3, -0.25) is 9.69 Å². The molecule has 0 radical (unpaired) electrons. The minimum atomic E-state index is -0.930. The molecule has 2 atom stereocenters. The number of anilines is 1. The zero-order valence-corrected chi connectivity index (χ0v) is 16.2. The lowest BCUT2D eigenvalue weighted by atomic mass is 10.0. The van der Waals surface area contributed by atoms with Gasteiger partial charge in [-0.2, -0.15) is 0 Å². The summed E-state index contributed by atoms with van der Waals surface area (Å²) in [5, 5.41) is 3.02. The van der Waals surface area contributed by atoms with E-state index >= 15 is 0 Å². The first kappa shape index (κ1) is 20.2. The quantitative estimate of drug-likeness (QED) is 0.859. The molecule has 2 aromatic carbocycles. The normalized spacial score (nSPS) is 20.3. The molecule has 1 aliphatic rings. The maximum atomic E-state index is 14.0. The zero-order valence-electron chi connectivity index (χ0n) is 16.2. The Kier molecular flexibility index (Phi) is 5.93. The molecule has 3 rings (SSSR count). The first-order chi connectivity index (χ1) is 13.3. The van der Waals surface area contributed by atoms with E-state index in [1.165, 1.54) is 0 Å². The van der Waals surface area contributed by atoms with Gasteiger partial charge < -0.3 is 10.2 Å². The molecule has 1 N–H and O–H groups in total. The Labute approximate surface area is 162 Å². The fourth-order valence-electron chi connectivity index (χ4n) is 3.84. The molecule has 1 aliphatic heterocycles. The lowest BCUT2D eigenvalue weighted by molar-refractivity contribution is 0.0262. The number of nitrogens with zero attached hydrogens (tertiary/aromatic N) is 2. The number of halogens is 3. The third-order valence-corrected chi connectivity index (χ3v) is 5.14. The van der Waals surface area contributed by atoms with E-state index in [4.69, 9.17) is 0 Å². The van der Waals surface area contributed by atoms with Crippen LogP contribution >= 0.6 is 0 Å². The van der Waals surface area contributed by atoms with Crippen molar-refractivity contribution in [1.29, 1.82) is 0 Å². The van der Waals surface area contributed by atoms with Crippen LogP contribution in [0.25, 0.3) is 0 Å². The predicted octanol–water partition coefficient (Wildman–Crippen LogP) is 3.88.